The average molecular weight is 273 g/mol. The Hall–Kier alpha value is -1.09. The Kier molecular flexibility index (Phi) is 4.56. The number of nitrogens with one attached hydrogen (secondary N) is 1. The van der Waals surface area contributed by atoms with E-state index in [4.69, 9.17) is 0 Å². The number of nitrogens with zero attached hydrogens (tertiary/aromatic N) is 2. The Morgan fingerprint density at radius 3 is 2.55 bits per heavy atom. The molecule has 1 saturated heterocycles. The molecule has 0 spiro atoms. The highest BCUT2D eigenvalue weighted by Gasteiger charge is 2.26. The fourth-order valence-electron chi connectivity index (χ4n) is 3.78. The molecule has 3 rings (SSSR count). The van der Waals surface area contributed by atoms with E-state index in [0.29, 0.717) is 12.1 Å². The highest BCUT2D eigenvalue weighted by atomic mass is 15.2. The maximum Gasteiger partial charge on any atom is 0.128 e. The van der Waals surface area contributed by atoms with Crippen LogP contribution in [-0.4, -0.2) is 30.2 Å². The molecule has 20 heavy (non-hydrogen) atoms. The molecule has 0 radical (unpaired) electrons. The van der Waals surface area contributed by atoms with Crippen molar-refractivity contribution in [2.24, 2.45) is 5.92 Å². The van der Waals surface area contributed by atoms with E-state index in [-0.39, 0.29) is 0 Å². The van der Waals surface area contributed by atoms with Gasteiger partial charge in [0.2, 0.25) is 0 Å². The largest absolute Gasteiger partial charge is 0.357 e. The van der Waals surface area contributed by atoms with Gasteiger partial charge in [-0.15, -0.1) is 0 Å². The molecule has 3 heteroatoms. The Bertz CT molecular complexity index is 392. The maximum atomic E-state index is 4.46. The zero-order chi connectivity index (χ0) is 13.8. The van der Waals surface area contributed by atoms with Gasteiger partial charge in [-0.25, -0.2) is 4.98 Å². The third-order valence-electron chi connectivity index (χ3n) is 5.07. The SMILES string of the molecule is C[C@H](NC1CCN(c2ccccn2)CC1)C1CCCC1. The van der Waals surface area contributed by atoms with E-state index in [9.17, 15) is 0 Å². The van der Waals surface area contributed by atoms with Gasteiger partial charge in [0.25, 0.3) is 0 Å². The van der Waals surface area contributed by atoms with Gasteiger partial charge in [-0.1, -0.05) is 18.9 Å². The normalized spacial score (nSPS) is 23.1. The summed E-state index contributed by atoms with van der Waals surface area (Å²) in [5.41, 5.74) is 0. The molecule has 1 aliphatic heterocycles. The number of piperidine rings is 1. The molecule has 1 saturated carbocycles. The molecule has 1 atom stereocenters. The number of pyridine rings is 1. The molecular formula is C17H27N3. The second kappa shape index (κ2) is 6.57. The second-order valence-corrected chi connectivity index (χ2v) is 6.45. The summed E-state index contributed by atoms with van der Waals surface area (Å²) in [5, 5.41) is 3.89. The van der Waals surface area contributed by atoms with Gasteiger partial charge in [-0.05, 0) is 50.7 Å². The summed E-state index contributed by atoms with van der Waals surface area (Å²) in [6, 6.07) is 7.58. The first-order valence-corrected chi connectivity index (χ1v) is 8.25. The van der Waals surface area contributed by atoms with Crippen LogP contribution in [0.4, 0.5) is 5.82 Å². The van der Waals surface area contributed by atoms with Gasteiger partial charge in [0.15, 0.2) is 0 Å². The summed E-state index contributed by atoms with van der Waals surface area (Å²) in [4.78, 5) is 6.87. The number of hydrogen-bond acceptors (Lipinski definition) is 3. The molecule has 2 fully saturated rings. The molecule has 2 heterocycles. The van der Waals surface area contributed by atoms with E-state index in [0.717, 1.165) is 24.8 Å². The van der Waals surface area contributed by atoms with Crippen molar-refractivity contribution in [3.05, 3.63) is 24.4 Å². The molecule has 2 aliphatic rings. The lowest BCUT2D eigenvalue weighted by Gasteiger charge is -2.35. The molecule has 0 aromatic carbocycles. The highest BCUT2D eigenvalue weighted by Crippen LogP contribution is 2.28. The van der Waals surface area contributed by atoms with Crippen LogP contribution < -0.4 is 10.2 Å². The van der Waals surface area contributed by atoms with Crippen LogP contribution in [0, 0.1) is 5.92 Å². The minimum atomic E-state index is 0.698. The summed E-state index contributed by atoms with van der Waals surface area (Å²) in [6.07, 6.45) is 10.1. The number of aromatic nitrogens is 1. The Morgan fingerprint density at radius 2 is 1.90 bits per heavy atom. The van der Waals surface area contributed by atoms with E-state index in [1.165, 1.54) is 38.5 Å². The van der Waals surface area contributed by atoms with E-state index in [1.54, 1.807) is 0 Å². The molecule has 0 bridgehead atoms. The predicted molar refractivity (Wildman–Crippen MR) is 84.0 cm³/mol. The van der Waals surface area contributed by atoms with Crippen LogP contribution in [0.5, 0.6) is 0 Å². The lowest BCUT2D eigenvalue weighted by Crippen LogP contribution is -2.47. The van der Waals surface area contributed by atoms with Gasteiger partial charge in [0.1, 0.15) is 5.82 Å². The van der Waals surface area contributed by atoms with Gasteiger partial charge in [-0.3, -0.25) is 0 Å². The van der Waals surface area contributed by atoms with Crippen molar-refractivity contribution in [2.45, 2.75) is 57.5 Å². The van der Waals surface area contributed by atoms with Crippen LogP contribution in [0.3, 0.4) is 0 Å². The summed E-state index contributed by atoms with van der Waals surface area (Å²) in [5.74, 6) is 2.05. The van der Waals surface area contributed by atoms with Crippen LogP contribution in [0.25, 0.3) is 0 Å². The number of rotatable bonds is 4. The smallest absolute Gasteiger partial charge is 0.128 e. The van der Waals surface area contributed by atoms with E-state index in [1.807, 2.05) is 12.3 Å². The van der Waals surface area contributed by atoms with Crippen molar-refractivity contribution in [3.63, 3.8) is 0 Å². The molecule has 1 aliphatic carbocycles. The van der Waals surface area contributed by atoms with Crippen LogP contribution in [0.2, 0.25) is 0 Å². The van der Waals surface area contributed by atoms with Gasteiger partial charge in [-0.2, -0.15) is 0 Å². The summed E-state index contributed by atoms with van der Waals surface area (Å²) in [6.45, 7) is 4.65. The van der Waals surface area contributed by atoms with Crippen LogP contribution in [-0.2, 0) is 0 Å². The minimum absolute atomic E-state index is 0.698. The van der Waals surface area contributed by atoms with E-state index in [2.05, 4.69) is 34.3 Å². The summed E-state index contributed by atoms with van der Waals surface area (Å²) < 4.78 is 0. The third-order valence-corrected chi connectivity index (χ3v) is 5.07. The van der Waals surface area contributed by atoms with Gasteiger partial charge < -0.3 is 10.2 Å². The highest BCUT2D eigenvalue weighted by molar-refractivity contribution is 5.38. The molecule has 1 N–H and O–H groups in total. The van der Waals surface area contributed by atoms with Gasteiger partial charge >= 0.3 is 0 Å². The van der Waals surface area contributed by atoms with Crippen LogP contribution in [0.15, 0.2) is 24.4 Å². The summed E-state index contributed by atoms with van der Waals surface area (Å²) >= 11 is 0. The molecule has 3 nitrogen and oxygen atoms in total. The number of anilines is 1. The first-order chi connectivity index (χ1) is 9.83. The number of hydrogen-bond donors (Lipinski definition) is 1. The van der Waals surface area contributed by atoms with Crippen molar-refractivity contribution >= 4 is 5.82 Å². The topological polar surface area (TPSA) is 28.2 Å². The average Bonchev–Trinajstić information content (AvgIpc) is 3.03. The zero-order valence-electron chi connectivity index (χ0n) is 12.6. The van der Waals surface area contributed by atoms with Crippen LogP contribution >= 0.6 is 0 Å². The molecule has 0 amide bonds. The van der Waals surface area contributed by atoms with Crippen LogP contribution in [0.1, 0.15) is 45.4 Å². The quantitative estimate of drug-likeness (QED) is 0.913. The third kappa shape index (κ3) is 3.32. The lowest BCUT2D eigenvalue weighted by atomic mass is 9.96. The Morgan fingerprint density at radius 1 is 1.15 bits per heavy atom. The van der Waals surface area contributed by atoms with Crippen molar-refractivity contribution in [1.29, 1.82) is 0 Å². The monoisotopic (exact) mass is 273 g/mol. The van der Waals surface area contributed by atoms with Crippen molar-refractivity contribution < 1.29 is 0 Å². The molecule has 1 aromatic rings. The fourth-order valence-corrected chi connectivity index (χ4v) is 3.78. The van der Waals surface area contributed by atoms with Crippen molar-refractivity contribution in [3.8, 4) is 0 Å². The molecular weight excluding hydrogens is 246 g/mol. The molecule has 1 aromatic heterocycles. The maximum absolute atomic E-state index is 4.46. The second-order valence-electron chi connectivity index (χ2n) is 6.45. The Labute approximate surface area is 122 Å². The minimum Gasteiger partial charge on any atom is -0.357 e. The Balaban J connectivity index is 1.46. The van der Waals surface area contributed by atoms with Gasteiger partial charge in [0, 0.05) is 31.4 Å². The standard InChI is InChI=1S/C17H27N3/c1-14(15-6-2-3-7-15)19-16-9-12-20(13-10-16)17-8-4-5-11-18-17/h4-5,8,11,14-16,19H,2-3,6-7,9-10,12-13H2,1H3/t14-/m0/s1. The molecule has 110 valence electrons. The first-order valence-electron chi connectivity index (χ1n) is 8.25. The van der Waals surface area contributed by atoms with Gasteiger partial charge in [0.05, 0.1) is 0 Å². The van der Waals surface area contributed by atoms with E-state index < -0.39 is 0 Å². The van der Waals surface area contributed by atoms with Crippen molar-refractivity contribution in [2.75, 3.05) is 18.0 Å². The van der Waals surface area contributed by atoms with Crippen molar-refractivity contribution in [1.82, 2.24) is 10.3 Å². The predicted octanol–water partition coefficient (Wildman–Crippen LogP) is 3.22. The first kappa shape index (κ1) is 13.9. The molecule has 0 unspecified atom stereocenters. The zero-order valence-corrected chi connectivity index (χ0v) is 12.6. The fraction of sp³-hybridized carbons (Fsp3) is 0.706. The summed E-state index contributed by atoms with van der Waals surface area (Å²) in [7, 11) is 0. The van der Waals surface area contributed by atoms with E-state index >= 15 is 0 Å². The lowest BCUT2D eigenvalue weighted by molar-refractivity contribution is 0.310.